The first-order chi connectivity index (χ1) is 14.2. The number of nitro benzene ring substituents is 1. The first-order valence-corrected chi connectivity index (χ1v) is 9.38. The van der Waals surface area contributed by atoms with E-state index in [1.165, 1.54) is 12.1 Å². The van der Waals surface area contributed by atoms with Crippen LogP contribution < -0.4 is 4.90 Å². The van der Waals surface area contributed by atoms with Gasteiger partial charge in [0.05, 0.1) is 29.8 Å². The summed E-state index contributed by atoms with van der Waals surface area (Å²) in [6.07, 6.45) is 1.75. The van der Waals surface area contributed by atoms with Crippen molar-refractivity contribution in [1.29, 1.82) is 5.26 Å². The molecular weight excluding hydrogens is 366 g/mol. The van der Waals surface area contributed by atoms with Crippen LogP contribution in [0.2, 0.25) is 0 Å². The average Bonchev–Trinajstić information content (AvgIpc) is 2.77. The van der Waals surface area contributed by atoms with Gasteiger partial charge in [0.15, 0.2) is 0 Å². The average molecular weight is 385 g/mol. The number of anilines is 1. The van der Waals surface area contributed by atoms with E-state index in [2.05, 4.69) is 11.0 Å². The van der Waals surface area contributed by atoms with E-state index in [0.29, 0.717) is 37.4 Å². The van der Waals surface area contributed by atoms with E-state index in [4.69, 9.17) is 4.74 Å². The van der Waals surface area contributed by atoms with Gasteiger partial charge in [0.25, 0.3) is 5.69 Å². The molecule has 0 radical (unpaired) electrons. The number of allylic oxidation sites excluding steroid dienone is 1. The Hall–Kier alpha value is -3.69. The van der Waals surface area contributed by atoms with Gasteiger partial charge >= 0.3 is 0 Å². The van der Waals surface area contributed by atoms with E-state index < -0.39 is 4.92 Å². The molecule has 0 unspecified atom stereocenters. The molecule has 0 saturated carbocycles. The van der Waals surface area contributed by atoms with Crippen LogP contribution in [0.15, 0.2) is 60.7 Å². The van der Waals surface area contributed by atoms with Crippen LogP contribution >= 0.6 is 0 Å². The Kier molecular flexibility index (Phi) is 5.23. The third kappa shape index (κ3) is 3.82. The van der Waals surface area contributed by atoms with Crippen LogP contribution in [0.1, 0.15) is 11.1 Å². The Balaban J connectivity index is 1.87. The second kappa shape index (κ2) is 8.13. The topological polar surface area (TPSA) is 79.4 Å². The molecule has 0 atom stereocenters. The van der Waals surface area contributed by atoms with Gasteiger partial charge in [0, 0.05) is 42.0 Å². The first kappa shape index (κ1) is 18.7. The number of nitro groups is 1. The summed E-state index contributed by atoms with van der Waals surface area (Å²) in [5, 5.41) is 23.2. The summed E-state index contributed by atoms with van der Waals surface area (Å²) in [5.41, 5.74) is 2.81. The lowest BCUT2D eigenvalue weighted by Crippen LogP contribution is -2.36. The summed E-state index contributed by atoms with van der Waals surface area (Å²) in [5.74, 6) is 0. The molecule has 1 saturated heterocycles. The molecule has 1 heterocycles. The van der Waals surface area contributed by atoms with Crippen molar-refractivity contribution in [2.24, 2.45) is 0 Å². The van der Waals surface area contributed by atoms with Gasteiger partial charge in [-0.2, -0.15) is 5.26 Å². The van der Waals surface area contributed by atoms with E-state index in [1.54, 1.807) is 12.1 Å². The van der Waals surface area contributed by atoms with Crippen LogP contribution in [0.5, 0.6) is 0 Å². The second-order valence-electron chi connectivity index (χ2n) is 6.80. The molecule has 3 aromatic carbocycles. The third-order valence-corrected chi connectivity index (χ3v) is 5.07. The smallest absolute Gasteiger partial charge is 0.270 e. The molecule has 29 heavy (non-hydrogen) atoms. The minimum Gasteiger partial charge on any atom is -0.378 e. The monoisotopic (exact) mass is 385 g/mol. The van der Waals surface area contributed by atoms with E-state index in [1.807, 2.05) is 42.5 Å². The van der Waals surface area contributed by atoms with Crippen molar-refractivity contribution in [2.45, 2.75) is 0 Å². The van der Waals surface area contributed by atoms with Gasteiger partial charge in [0.1, 0.15) is 0 Å². The van der Waals surface area contributed by atoms with Crippen molar-refractivity contribution < 1.29 is 9.66 Å². The number of nitriles is 1. The highest BCUT2D eigenvalue weighted by molar-refractivity contribution is 6.02. The number of hydrogen-bond acceptors (Lipinski definition) is 5. The Morgan fingerprint density at radius 1 is 1.10 bits per heavy atom. The van der Waals surface area contributed by atoms with Crippen LogP contribution in [0, 0.1) is 21.4 Å². The normalized spacial score (nSPS) is 14.6. The molecule has 0 aromatic heterocycles. The summed E-state index contributed by atoms with van der Waals surface area (Å²) in [4.78, 5) is 13.1. The van der Waals surface area contributed by atoms with Crippen molar-refractivity contribution in [3.05, 3.63) is 81.9 Å². The zero-order valence-electron chi connectivity index (χ0n) is 15.7. The summed E-state index contributed by atoms with van der Waals surface area (Å²) < 4.78 is 5.43. The van der Waals surface area contributed by atoms with Crippen LogP contribution in [0.4, 0.5) is 11.4 Å². The maximum atomic E-state index is 11.3. The highest BCUT2D eigenvalue weighted by atomic mass is 16.6. The van der Waals surface area contributed by atoms with E-state index in [-0.39, 0.29) is 5.69 Å². The van der Waals surface area contributed by atoms with Gasteiger partial charge in [-0.1, -0.05) is 42.5 Å². The summed E-state index contributed by atoms with van der Waals surface area (Å²) in [6, 6.07) is 20.8. The summed E-state index contributed by atoms with van der Waals surface area (Å²) >= 11 is 0. The maximum Gasteiger partial charge on any atom is 0.270 e. The number of hydrogen-bond donors (Lipinski definition) is 0. The molecule has 0 N–H and O–H groups in total. The van der Waals surface area contributed by atoms with Crippen LogP contribution in [-0.2, 0) is 4.74 Å². The lowest BCUT2D eigenvalue weighted by atomic mass is 9.96. The Labute approximate surface area is 168 Å². The number of fused-ring (bicyclic) bond motifs is 1. The largest absolute Gasteiger partial charge is 0.378 e. The first-order valence-electron chi connectivity index (χ1n) is 9.38. The molecule has 3 aromatic rings. The number of nitrogens with zero attached hydrogens (tertiary/aromatic N) is 3. The minimum absolute atomic E-state index is 0.00321. The summed E-state index contributed by atoms with van der Waals surface area (Å²) in [6.45, 7) is 2.62. The fourth-order valence-electron chi connectivity index (χ4n) is 3.65. The highest BCUT2D eigenvalue weighted by Gasteiger charge is 2.18. The molecule has 4 rings (SSSR count). The van der Waals surface area contributed by atoms with Crippen molar-refractivity contribution in [2.75, 3.05) is 31.2 Å². The van der Waals surface area contributed by atoms with Crippen molar-refractivity contribution in [3.8, 4) is 6.07 Å². The number of rotatable bonds is 4. The van der Waals surface area contributed by atoms with Crippen molar-refractivity contribution in [1.82, 2.24) is 0 Å². The molecule has 6 nitrogen and oxygen atoms in total. The number of morpholine rings is 1. The fourth-order valence-corrected chi connectivity index (χ4v) is 3.65. The second-order valence-corrected chi connectivity index (χ2v) is 6.80. The van der Waals surface area contributed by atoms with Gasteiger partial charge < -0.3 is 9.64 Å². The molecule has 1 aliphatic heterocycles. The molecule has 0 amide bonds. The molecular formula is C23H19N3O3. The zero-order valence-corrected chi connectivity index (χ0v) is 15.7. The SMILES string of the molecule is N#C/C(=C\c1cc([N+](=O)[O-])ccc1N1CCOCC1)c1cccc2ccccc12. The zero-order chi connectivity index (χ0) is 20.2. The van der Waals surface area contributed by atoms with Crippen molar-refractivity contribution >= 4 is 33.8 Å². The molecule has 144 valence electrons. The fraction of sp³-hybridized carbons (Fsp3) is 0.174. The lowest BCUT2D eigenvalue weighted by molar-refractivity contribution is -0.384. The Morgan fingerprint density at radius 3 is 2.62 bits per heavy atom. The quantitative estimate of drug-likeness (QED) is 0.283. The van der Waals surface area contributed by atoms with E-state index in [9.17, 15) is 15.4 Å². The Bertz CT molecular complexity index is 1140. The van der Waals surface area contributed by atoms with E-state index in [0.717, 1.165) is 22.0 Å². The molecule has 6 heteroatoms. The standard InChI is InChI=1S/C23H19N3O3/c24-16-19(22-7-3-5-17-4-1-2-6-21(17)22)14-18-15-20(26(27)28)8-9-23(18)25-10-12-29-13-11-25/h1-9,14-15H,10-13H2/b19-14+. The van der Waals surface area contributed by atoms with Crippen LogP contribution in [-0.4, -0.2) is 31.2 Å². The molecule has 1 fully saturated rings. The predicted molar refractivity (Wildman–Crippen MR) is 114 cm³/mol. The van der Waals surface area contributed by atoms with Gasteiger partial charge in [0.2, 0.25) is 0 Å². The highest BCUT2D eigenvalue weighted by Crippen LogP contribution is 2.32. The third-order valence-electron chi connectivity index (χ3n) is 5.07. The molecule has 0 spiro atoms. The van der Waals surface area contributed by atoms with Crippen LogP contribution in [0.25, 0.3) is 22.4 Å². The molecule has 1 aliphatic rings. The molecule has 0 aliphatic carbocycles. The van der Waals surface area contributed by atoms with Gasteiger partial charge in [-0.3, -0.25) is 10.1 Å². The molecule has 0 bridgehead atoms. The number of benzene rings is 3. The minimum atomic E-state index is -0.412. The van der Waals surface area contributed by atoms with Gasteiger partial charge in [-0.15, -0.1) is 0 Å². The Morgan fingerprint density at radius 2 is 1.86 bits per heavy atom. The maximum absolute atomic E-state index is 11.3. The summed E-state index contributed by atoms with van der Waals surface area (Å²) in [7, 11) is 0. The van der Waals surface area contributed by atoms with Crippen LogP contribution in [0.3, 0.4) is 0 Å². The lowest BCUT2D eigenvalue weighted by Gasteiger charge is -2.30. The van der Waals surface area contributed by atoms with E-state index >= 15 is 0 Å². The number of non-ortho nitro benzene ring substituents is 1. The van der Waals surface area contributed by atoms with Crippen molar-refractivity contribution in [3.63, 3.8) is 0 Å². The number of ether oxygens (including phenoxy) is 1. The van der Waals surface area contributed by atoms with Gasteiger partial charge in [-0.05, 0) is 22.9 Å². The van der Waals surface area contributed by atoms with Gasteiger partial charge in [-0.25, -0.2) is 0 Å². The predicted octanol–water partition coefficient (Wildman–Crippen LogP) is 4.65.